The molecule has 0 radical (unpaired) electrons. The van der Waals surface area contributed by atoms with Gasteiger partial charge in [-0.3, -0.25) is 14.9 Å². The molecule has 0 bridgehead atoms. The van der Waals surface area contributed by atoms with Gasteiger partial charge in [0.25, 0.3) is 5.69 Å². The van der Waals surface area contributed by atoms with E-state index < -0.39 is 4.92 Å². The quantitative estimate of drug-likeness (QED) is 0.484. The third kappa shape index (κ3) is 4.16. The highest BCUT2D eigenvalue weighted by Gasteiger charge is 2.23. The lowest BCUT2D eigenvalue weighted by Crippen LogP contribution is -2.38. The first kappa shape index (κ1) is 16.2. The smallest absolute Gasteiger partial charge is 0.269 e. The molecule has 0 heterocycles. The molecule has 0 spiro atoms. The topological polar surface area (TPSA) is 63.5 Å². The Balaban J connectivity index is 1.94. The highest BCUT2D eigenvalue weighted by atomic mass is 16.6. The highest BCUT2D eigenvalue weighted by molar-refractivity contribution is 5.91. The second-order valence-corrected chi connectivity index (χ2v) is 6.04. The maximum atomic E-state index is 12.2. The lowest BCUT2D eigenvalue weighted by molar-refractivity contribution is -0.384. The zero-order valence-corrected chi connectivity index (χ0v) is 13.1. The van der Waals surface area contributed by atoms with Gasteiger partial charge in [0.2, 0.25) is 5.91 Å². The SMILES string of the molecule is CC1CCC(N(C)C(=O)C=Cc2ccc([N+](=O)[O-])cc2)CC1. The van der Waals surface area contributed by atoms with Crippen molar-refractivity contribution in [2.45, 2.75) is 38.6 Å². The fourth-order valence-electron chi connectivity index (χ4n) is 2.80. The van der Waals surface area contributed by atoms with E-state index in [0.29, 0.717) is 6.04 Å². The zero-order valence-electron chi connectivity index (χ0n) is 13.1. The largest absolute Gasteiger partial charge is 0.339 e. The predicted molar refractivity (Wildman–Crippen MR) is 86.3 cm³/mol. The molecular weight excluding hydrogens is 280 g/mol. The van der Waals surface area contributed by atoms with Gasteiger partial charge in [0, 0.05) is 31.3 Å². The van der Waals surface area contributed by atoms with E-state index in [2.05, 4.69) is 6.92 Å². The number of hydrogen-bond donors (Lipinski definition) is 0. The van der Waals surface area contributed by atoms with Gasteiger partial charge in [0.05, 0.1) is 4.92 Å². The molecule has 0 aromatic heterocycles. The molecule has 5 nitrogen and oxygen atoms in total. The Kier molecular flexibility index (Phi) is 5.31. The molecule has 5 heteroatoms. The summed E-state index contributed by atoms with van der Waals surface area (Å²) in [5.74, 6) is 0.744. The predicted octanol–water partition coefficient (Wildman–Crippen LogP) is 3.65. The first-order valence-electron chi connectivity index (χ1n) is 7.66. The molecule has 0 aliphatic heterocycles. The van der Waals surface area contributed by atoms with Crippen molar-refractivity contribution in [2.24, 2.45) is 5.92 Å². The van der Waals surface area contributed by atoms with Crippen LogP contribution >= 0.6 is 0 Å². The van der Waals surface area contributed by atoms with Gasteiger partial charge in [-0.15, -0.1) is 0 Å². The van der Waals surface area contributed by atoms with Crippen LogP contribution in [0.1, 0.15) is 38.2 Å². The molecule has 1 saturated carbocycles. The van der Waals surface area contributed by atoms with E-state index in [9.17, 15) is 14.9 Å². The van der Waals surface area contributed by atoms with E-state index in [1.807, 2.05) is 11.9 Å². The summed E-state index contributed by atoms with van der Waals surface area (Å²) in [6, 6.07) is 6.49. The summed E-state index contributed by atoms with van der Waals surface area (Å²) in [7, 11) is 1.85. The fraction of sp³-hybridized carbons (Fsp3) is 0.471. The van der Waals surface area contributed by atoms with Crippen molar-refractivity contribution in [3.8, 4) is 0 Å². The van der Waals surface area contributed by atoms with Crippen molar-refractivity contribution < 1.29 is 9.72 Å². The maximum Gasteiger partial charge on any atom is 0.269 e. The molecule has 1 aromatic rings. The van der Waals surface area contributed by atoms with Crippen LogP contribution in [-0.4, -0.2) is 28.8 Å². The summed E-state index contributed by atoms with van der Waals surface area (Å²) in [4.78, 5) is 24.2. The fourth-order valence-corrected chi connectivity index (χ4v) is 2.80. The van der Waals surface area contributed by atoms with Gasteiger partial charge in [-0.2, -0.15) is 0 Å². The average molecular weight is 302 g/mol. The Bertz CT molecular complexity index is 558. The molecule has 1 aliphatic carbocycles. The van der Waals surface area contributed by atoms with Crippen LogP contribution in [0, 0.1) is 16.0 Å². The first-order chi connectivity index (χ1) is 10.5. The molecule has 2 rings (SSSR count). The van der Waals surface area contributed by atoms with E-state index >= 15 is 0 Å². The van der Waals surface area contributed by atoms with Crippen molar-refractivity contribution in [2.75, 3.05) is 7.05 Å². The zero-order chi connectivity index (χ0) is 16.1. The van der Waals surface area contributed by atoms with Gasteiger partial charge in [-0.25, -0.2) is 0 Å². The number of amides is 1. The lowest BCUT2D eigenvalue weighted by Gasteiger charge is -2.33. The van der Waals surface area contributed by atoms with Crippen molar-refractivity contribution in [3.63, 3.8) is 0 Å². The summed E-state index contributed by atoms with van der Waals surface area (Å²) >= 11 is 0. The molecule has 1 aromatic carbocycles. The van der Waals surface area contributed by atoms with Crippen LogP contribution in [0.5, 0.6) is 0 Å². The number of hydrogen-bond acceptors (Lipinski definition) is 3. The normalized spacial score (nSPS) is 21.7. The van der Waals surface area contributed by atoms with Crippen LogP contribution in [0.3, 0.4) is 0 Å². The summed E-state index contributed by atoms with van der Waals surface area (Å²) in [5, 5.41) is 10.6. The minimum Gasteiger partial charge on any atom is -0.339 e. The molecule has 118 valence electrons. The molecule has 0 N–H and O–H groups in total. The number of nitrogens with zero attached hydrogens (tertiary/aromatic N) is 2. The Morgan fingerprint density at radius 1 is 1.23 bits per heavy atom. The van der Waals surface area contributed by atoms with Gasteiger partial charge in [0.1, 0.15) is 0 Å². The molecule has 22 heavy (non-hydrogen) atoms. The van der Waals surface area contributed by atoms with E-state index in [0.717, 1.165) is 24.3 Å². The summed E-state index contributed by atoms with van der Waals surface area (Å²) < 4.78 is 0. The average Bonchev–Trinajstić information content (AvgIpc) is 2.53. The Hall–Kier alpha value is -2.17. The Morgan fingerprint density at radius 2 is 1.82 bits per heavy atom. The van der Waals surface area contributed by atoms with Crippen molar-refractivity contribution in [1.82, 2.24) is 4.90 Å². The standard InChI is InChI=1S/C17H22N2O3/c1-13-3-8-15(9-4-13)18(2)17(20)12-7-14-5-10-16(11-6-14)19(21)22/h5-7,10-13,15H,3-4,8-9H2,1-2H3. The van der Waals surface area contributed by atoms with Crippen LogP contribution in [0.15, 0.2) is 30.3 Å². The van der Waals surface area contributed by atoms with Gasteiger partial charge >= 0.3 is 0 Å². The number of nitro benzene ring substituents is 1. The number of likely N-dealkylation sites (N-methyl/N-ethyl adjacent to an activating group) is 1. The van der Waals surface area contributed by atoms with Crippen LogP contribution in [0.2, 0.25) is 0 Å². The second kappa shape index (κ2) is 7.20. The van der Waals surface area contributed by atoms with Crippen LogP contribution in [-0.2, 0) is 4.79 Å². The van der Waals surface area contributed by atoms with Gasteiger partial charge in [0.15, 0.2) is 0 Å². The minimum absolute atomic E-state index is 0.0158. The van der Waals surface area contributed by atoms with E-state index in [4.69, 9.17) is 0 Å². The summed E-state index contributed by atoms with van der Waals surface area (Å²) in [5.41, 5.74) is 0.835. The molecule has 1 fully saturated rings. The maximum absolute atomic E-state index is 12.2. The van der Waals surface area contributed by atoms with E-state index in [1.165, 1.54) is 25.0 Å². The number of carbonyl (C=O) groups excluding carboxylic acids is 1. The Labute approximate surface area is 130 Å². The minimum atomic E-state index is -0.434. The third-order valence-corrected chi connectivity index (χ3v) is 4.40. The monoisotopic (exact) mass is 302 g/mol. The van der Waals surface area contributed by atoms with Gasteiger partial charge in [-0.1, -0.05) is 6.92 Å². The van der Waals surface area contributed by atoms with E-state index in [-0.39, 0.29) is 11.6 Å². The lowest BCUT2D eigenvalue weighted by atomic mass is 9.87. The van der Waals surface area contributed by atoms with Crippen LogP contribution < -0.4 is 0 Å². The van der Waals surface area contributed by atoms with Crippen LogP contribution in [0.25, 0.3) is 6.08 Å². The molecule has 1 amide bonds. The molecule has 0 unspecified atom stereocenters. The van der Waals surface area contributed by atoms with E-state index in [1.54, 1.807) is 24.3 Å². The molecule has 0 atom stereocenters. The Morgan fingerprint density at radius 3 is 2.36 bits per heavy atom. The van der Waals surface area contributed by atoms with Crippen LogP contribution in [0.4, 0.5) is 5.69 Å². The summed E-state index contributed by atoms with van der Waals surface area (Å²) in [6.45, 7) is 2.26. The molecule has 1 aliphatic rings. The second-order valence-electron chi connectivity index (χ2n) is 6.04. The van der Waals surface area contributed by atoms with Gasteiger partial charge in [-0.05, 0) is 55.4 Å². The number of carbonyl (C=O) groups is 1. The number of rotatable bonds is 4. The van der Waals surface area contributed by atoms with Crippen molar-refractivity contribution in [3.05, 3.63) is 46.0 Å². The number of nitro groups is 1. The number of non-ortho nitro benzene ring substituents is 1. The molecular formula is C17H22N2O3. The number of benzene rings is 1. The summed E-state index contributed by atoms with van der Waals surface area (Å²) in [6.07, 6.45) is 7.72. The van der Waals surface area contributed by atoms with Crippen molar-refractivity contribution in [1.29, 1.82) is 0 Å². The highest BCUT2D eigenvalue weighted by Crippen LogP contribution is 2.26. The third-order valence-electron chi connectivity index (χ3n) is 4.40. The van der Waals surface area contributed by atoms with Gasteiger partial charge < -0.3 is 4.90 Å². The molecule has 0 saturated heterocycles. The van der Waals surface area contributed by atoms with Crippen molar-refractivity contribution >= 4 is 17.7 Å². The first-order valence-corrected chi connectivity index (χ1v) is 7.66.